The molecule has 8 heteroatoms. The van der Waals surface area contributed by atoms with Gasteiger partial charge in [-0.05, 0) is 36.6 Å². The molecule has 0 aliphatic carbocycles. The maximum Gasteiger partial charge on any atom is 0.269 e. The summed E-state index contributed by atoms with van der Waals surface area (Å²) >= 11 is 0. The van der Waals surface area contributed by atoms with E-state index in [0.29, 0.717) is 17.5 Å². The molecule has 0 radical (unpaired) electrons. The summed E-state index contributed by atoms with van der Waals surface area (Å²) in [6.45, 7) is 0.0122. The number of rotatable bonds is 3. The normalized spacial score (nSPS) is 14.8. The molecule has 0 aromatic heterocycles. The minimum Gasteiger partial charge on any atom is -0.285 e. The van der Waals surface area contributed by atoms with Crippen molar-refractivity contribution in [2.45, 2.75) is 17.7 Å². The maximum atomic E-state index is 13.0. The fourth-order valence-electron chi connectivity index (χ4n) is 2.71. The van der Waals surface area contributed by atoms with Crippen LogP contribution in [-0.4, -0.2) is 36.5 Å². The summed E-state index contributed by atoms with van der Waals surface area (Å²) in [6, 6.07) is 11.8. The Morgan fingerprint density at radius 2 is 1.62 bits per heavy atom. The maximum absolute atomic E-state index is 13.0. The summed E-state index contributed by atoms with van der Waals surface area (Å²) in [5.74, 6) is 10.9. The number of hydrogen-bond donors (Lipinski definition) is 0. The van der Waals surface area contributed by atoms with Crippen LogP contribution >= 0.6 is 0 Å². The summed E-state index contributed by atoms with van der Waals surface area (Å²) < 4.78 is 27.1. The highest BCUT2D eigenvalue weighted by molar-refractivity contribution is 7.89. The van der Waals surface area contributed by atoms with Gasteiger partial charge in [0.15, 0.2) is 0 Å². The van der Waals surface area contributed by atoms with Crippen LogP contribution in [-0.2, 0) is 14.8 Å². The first-order valence-corrected chi connectivity index (χ1v) is 10.2. The summed E-state index contributed by atoms with van der Waals surface area (Å²) in [5, 5.41) is 10.8. The molecule has 0 spiro atoms. The zero-order valence-electron chi connectivity index (χ0n) is 15.3. The summed E-state index contributed by atoms with van der Waals surface area (Å²) in [5.41, 5.74) is 1.03. The van der Waals surface area contributed by atoms with Gasteiger partial charge in [0.1, 0.15) is 0 Å². The Kier molecular flexibility index (Phi) is 6.08. The Labute approximate surface area is 168 Å². The van der Waals surface area contributed by atoms with Crippen LogP contribution in [0, 0.1) is 33.8 Å². The fraction of sp³-hybridized carbons (Fsp3) is 0.190. The number of non-ortho nitro benzene ring substituents is 1. The topological polar surface area (TPSA) is 97.6 Å². The zero-order chi connectivity index (χ0) is 20.9. The molecule has 3 rings (SSSR count). The highest BCUT2D eigenvalue weighted by Gasteiger charge is 2.24. The lowest BCUT2D eigenvalue weighted by Crippen LogP contribution is -2.32. The van der Waals surface area contributed by atoms with E-state index in [0.717, 1.165) is 12.1 Å². The molecular formula is C21H16N2O5S. The number of fused-ring (bicyclic) bond motifs is 1. The Hall–Kier alpha value is -3.46. The molecule has 2 aromatic rings. The van der Waals surface area contributed by atoms with Crippen molar-refractivity contribution >= 4 is 21.5 Å². The number of Topliss-reactive ketones (excluding diaryl/α,β-unsaturated/α-hetero) is 1. The van der Waals surface area contributed by atoms with E-state index < -0.39 is 14.9 Å². The van der Waals surface area contributed by atoms with E-state index in [1.165, 1.54) is 16.4 Å². The van der Waals surface area contributed by atoms with E-state index >= 15 is 0 Å². The number of carbonyl (C=O) groups is 1. The van der Waals surface area contributed by atoms with Crippen LogP contribution in [0.4, 0.5) is 5.69 Å². The van der Waals surface area contributed by atoms with Crippen molar-refractivity contribution in [1.82, 2.24) is 4.31 Å². The summed E-state index contributed by atoms with van der Waals surface area (Å²) in [6.07, 6.45) is 0.415. The van der Waals surface area contributed by atoms with Crippen LogP contribution in [0.25, 0.3) is 0 Å². The number of sulfonamides is 1. The largest absolute Gasteiger partial charge is 0.285 e. The molecule has 0 atom stereocenters. The third-order valence-electron chi connectivity index (χ3n) is 4.24. The average molecular weight is 408 g/mol. The van der Waals surface area contributed by atoms with Gasteiger partial charge in [-0.25, -0.2) is 8.42 Å². The first kappa shape index (κ1) is 20.3. The second kappa shape index (κ2) is 8.70. The van der Waals surface area contributed by atoms with Crippen LogP contribution in [0.15, 0.2) is 53.4 Å². The molecule has 0 fully saturated rings. The molecule has 1 aliphatic rings. The summed E-state index contributed by atoms with van der Waals surface area (Å²) in [4.78, 5) is 22.1. The molecule has 0 bridgehead atoms. The smallest absolute Gasteiger partial charge is 0.269 e. The van der Waals surface area contributed by atoms with Crippen molar-refractivity contribution in [3.8, 4) is 23.7 Å². The van der Waals surface area contributed by atoms with E-state index in [1.807, 2.05) is 0 Å². The van der Waals surface area contributed by atoms with Gasteiger partial charge in [0.25, 0.3) is 5.69 Å². The number of nitro benzene ring substituents is 1. The predicted molar refractivity (Wildman–Crippen MR) is 106 cm³/mol. The van der Waals surface area contributed by atoms with Crippen LogP contribution in [0.2, 0.25) is 0 Å². The number of nitrogens with zero attached hydrogens (tertiary/aromatic N) is 2. The Bertz CT molecular complexity index is 1180. The minimum absolute atomic E-state index is 0.0662. The number of hydrogen-bond acceptors (Lipinski definition) is 5. The van der Waals surface area contributed by atoms with Gasteiger partial charge in [0.05, 0.1) is 16.4 Å². The zero-order valence-corrected chi connectivity index (χ0v) is 16.1. The van der Waals surface area contributed by atoms with Crippen molar-refractivity contribution in [3.63, 3.8) is 0 Å². The Morgan fingerprint density at radius 3 is 2.28 bits per heavy atom. The molecule has 29 heavy (non-hydrogen) atoms. The molecule has 1 heterocycles. The van der Waals surface area contributed by atoms with Gasteiger partial charge in [0.2, 0.25) is 15.8 Å². The highest BCUT2D eigenvalue weighted by Crippen LogP contribution is 2.20. The number of benzene rings is 2. The van der Waals surface area contributed by atoms with Gasteiger partial charge in [-0.1, -0.05) is 29.9 Å². The second-order valence-electron chi connectivity index (χ2n) is 6.21. The van der Waals surface area contributed by atoms with E-state index in [4.69, 9.17) is 0 Å². The number of ketones is 1. The van der Waals surface area contributed by atoms with Crippen LogP contribution in [0.1, 0.15) is 24.0 Å². The lowest BCUT2D eigenvalue weighted by molar-refractivity contribution is -0.384. The van der Waals surface area contributed by atoms with Crippen molar-refractivity contribution in [1.29, 1.82) is 0 Å². The van der Waals surface area contributed by atoms with Crippen molar-refractivity contribution in [2.24, 2.45) is 0 Å². The minimum atomic E-state index is -3.93. The molecular weight excluding hydrogens is 392 g/mol. The molecule has 0 unspecified atom stereocenters. The van der Waals surface area contributed by atoms with Gasteiger partial charge in [-0.3, -0.25) is 14.9 Å². The highest BCUT2D eigenvalue weighted by atomic mass is 32.2. The van der Waals surface area contributed by atoms with E-state index in [1.54, 1.807) is 24.3 Å². The molecule has 0 amide bonds. The van der Waals surface area contributed by atoms with Gasteiger partial charge in [-0.2, -0.15) is 4.31 Å². The lowest BCUT2D eigenvalue weighted by atomic mass is 10.1. The third kappa shape index (κ3) is 4.88. The van der Waals surface area contributed by atoms with E-state index in [9.17, 15) is 23.3 Å². The van der Waals surface area contributed by atoms with Crippen LogP contribution in [0.5, 0.6) is 0 Å². The van der Waals surface area contributed by atoms with E-state index in [-0.39, 0.29) is 35.9 Å². The number of carbonyl (C=O) groups excluding carboxylic acids is 1. The van der Waals surface area contributed by atoms with Gasteiger partial charge in [-0.15, -0.1) is 0 Å². The molecule has 0 saturated carbocycles. The first-order valence-electron chi connectivity index (χ1n) is 8.75. The fourth-order valence-corrected chi connectivity index (χ4v) is 4.09. The molecule has 146 valence electrons. The van der Waals surface area contributed by atoms with E-state index in [2.05, 4.69) is 23.7 Å². The molecule has 0 N–H and O–H groups in total. The predicted octanol–water partition coefficient (Wildman–Crippen LogP) is 2.35. The van der Waals surface area contributed by atoms with Crippen molar-refractivity contribution < 1.29 is 18.1 Å². The van der Waals surface area contributed by atoms with Gasteiger partial charge >= 0.3 is 0 Å². The lowest BCUT2D eigenvalue weighted by Gasteiger charge is -2.19. The van der Waals surface area contributed by atoms with Gasteiger partial charge < -0.3 is 0 Å². The van der Waals surface area contributed by atoms with Crippen molar-refractivity contribution in [2.75, 3.05) is 13.1 Å². The standard InChI is InChI=1S/C21H16N2O5S/c24-20-8-4-16-22(15-3-7-17-5-1-2-6-18(17)9-12-20)29(27,28)21-13-10-19(11-14-21)23(25)26/h1-2,5-6,10-11,13-14H,4,8,15-16H2. The number of nitro groups is 1. The SMILES string of the molecule is O=C1C#Cc2ccccc2C#CCN(S(=O)(=O)c2ccc([N+](=O)[O-])cc2)CCC1. The molecule has 2 aromatic carbocycles. The molecule has 1 aliphatic heterocycles. The van der Waals surface area contributed by atoms with Gasteiger partial charge in [0, 0.05) is 36.2 Å². The van der Waals surface area contributed by atoms with Crippen LogP contribution < -0.4 is 0 Å². The Balaban J connectivity index is 1.94. The third-order valence-corrected chi connectivity index (χ3v) is 6.10. The van der Waals surface area contributed by atoms with Crippen molar-refractivity contribution in [3.05, 3.63) is 69.8 Å². The molecule has 7 nitrogen and oxygen atoms in total. The first-order chi connectivity index (χ1) is 13.9. The quantitative estimate of drug-likeness (QED) is 0.441. The van der Waals surface area contributed by atoms with Crippen LogP contribution in [0.3, 0.4) is 0 Å². The second-order valence-corrected chi connectivity index (χ2v) is 8.15. The monoisotopic (exact) mass is 408 g/mol. The Morgan fingerprint density at radius 1 is 0.966 bits per heavy atom. The average Bonchev–Trinajstić information content (AvgIpc) is 2.70. The molecule has 0 saturated heterocycles. The summed E-state index contributed by atoms with van der Waals surface area (Å²) in [7, 11) is -3.93.